The van der Waals surface area contributed by atoms with Crippen molar-refractivity contribution in [3.05, 3.63) is 35.4 Å². The van der Waals surface area contributed by atoms with Crippen molar-refractivity contribution in [2.45, 2.75) is 6.92 Å². The highest BCUT2D eigenvalue weighted by molar-refractivity contribution is 6.30. The summed E-state index contributed by atoms with van der Waals surface area (Å²) < 4.78 is 5.05. The van der Waals surface area contributed by atoms with Gasteiger partial charge in [-0.2, -0.15) is 0 Å². The van der Waals surface area contributed by atoms with Crippen molar-refractivity contribution in [3.63, 3.8) is 0 Å². The van der Waals surface area contributed by atoms with E-state index >= 15 is 0 Å². The molecule has 0 spiro atoms. The number of aromatic carboxylic acids is 1. The molecular formula is C13H11NO5. The minimum Gasteiger partial charge on any atom is -0.495 e. The van der Waals surface area contributed by atoms with Gasteiger partial charge < -0.3 is 9.84 Å². The van der Waals surface area contributed by atoms with Crippen molar-refractivity contribution in [2.24, 2.45) is 0 Å². The number of ether oxygens (including phenoxy) is 1. The number of carbonyl (C=O) groups excluding carboxylic acids is 2. The van der Waals surface area contributed by atoms with Gasteiger partial charge in [0.2, 0.25) is 0 Å². The van der Waals surface area contributed by atoms with Gasteiger partial charge >= 0.3 is 5.97 Å². The molecule has 1 aliphatic rings. The third kappa shape index (κ3) is 2.08. The molecule has 1 aliphatic heterocycles. The van der Waals surface area contributed by atoms with Crippen LogP contribution in [0.25, 0.3) is 0 Å². The molecule has 0 bridgehead atoms. The summed E-state index contributed by atoms with van der Waals surface area (Å²) in [6, 6.07) is 3.96. The average molecular weight is 261 g/mol. The van der Waals surface area contributed by atoms with E-state index in [0.29, 0.717) is 5.57 Å². The monoisotopic (exact) mass is 261 g/mol. The number of anilines is 1. The summed E-state index contributed by atoms with van der Waals surface area (Å²) in [5.41, 5.74) is 0.578. The van der Waals surface area contributed by atoms with Gasteiger partial charge in [-0.05, 0) is 25.1 Å². The van der Waals surface area contributed by atoms with E-state index in [9.17, 15) is 14.4 Å². The van der Waals surface area contributed by atoms with Gasteiger partial charge in [-0.25, -0.2) is 9.69 Å². The van der Waals surface area contributed by atoms with Crippen LogP contribution in [0.3, 0.4) is 0 Å². The summed E-state index contributed by atoms with van der Waals surface area (Å²) in [6.45, 7) is 1.54. The Morgan fingerprint density at radius 2 is 2.00 bits per heavy atom. The Kier molecular flexibility index (Phi) is 3.08. The van der Waals surface area contributed by atoms with E-state index in [-0.39, 0.29) is 17.0 Å². The Bertz CT molecular complexity index is 617. The number of benzene rings is 1. The molecule has 0 saturated carbocycles. The van der Waals surface area contributed by atoms with E-state index in [4.69, 9.17) is 9.84 Å². The molecule has 0 aliphatic carbocycles. The molecule has 1 aromatic carbocycles. The van der Waals surface area contributed by atoms with E-state index in [2.05, 4.69) is 0 Å². The zero-order valence-corrected chi connectivity index (χ0v) is 10.3. The maximum absolute atomic E-state index is 11.9. The molecular weight excluding hydrogens is 250 g/mol. The minimum absolute atomic E-state index is 0.0179. The summed E-state index contributed by atoms with van der Waals surface area (Å²) in [5.74, 6) is -1.86. The van der Waals surface area contributed by atoms with Gasteiger partial charge in [0.25, 0.3) is 11.8 Å². The number of methoxy groups -OCH3 is 1. The van der Waals surface area contributed by atoms with Gasteiger partial charge in [-0.15, -0.1) is 0 Å². The average Bonchev–Trinajstić information content (AvgIpc) is 2.62. The fourth-order valence-electron chi connectivity index (χ4n) is 1.81. The Hall–Kier alpha value is -2.63. The standard InChI is InChI=1S/C13H11NO5/c1-7-5-11(15)14(12(7)16)9-4-3-8(13(17)18)6-10(9)19-2/h3-6H,1-2H3,(H,17,18). The molecule has 0 atom stereocenters. The molecule has 0 radical (unpaired) electrons. The van der Waals surface area contributed by atoms with Crippen LogP contribution in [-0.2, 0) is 9.59 Å². The Morgan fingerprint density at radius 3 is 2.47 bits per heavy atom. The normalized spacial score (nSPS) is 14.6. The number of hydrogen-bond donors (Lipinski definition) is 1. The van der Waals surface area contributed by atoms with Gasteiger partial charge in [0.05, 0.1) is 18.4 Å². The van der Waals surface area contributed by atoms with E-state index in [1.54, 1.807) is 6.92 Å². The predicted octanol–water partition coefficient (Wildman–Crippen LogP) is 1.21. The molecule has 1 heterocycles. The largest absolute Gasteiger partial charge is 0.495 e. The number of rotatable bonds is 3. The van der Waals surface area contributed by atoms with Crippen LogP contribution in [0.4, 0.5) is 5.69 Å². The Morgan fingerprint density at radius 1 is 1.32 bits per heavy atom. The molecule has 2 rings (SSSR count). The molecule has 19 heavy (non-hydrogen) atoms. The van der Waals surface area contributed by atoms with Crippen molar-refractivity contribution in [1.29, 1.82) is 0 Å². The van der Waals surface area contributed by atoms with Gasteiger partial charge in [-0.1, -0.05) is 0 Å². The van der Waals surface area contributed by atoms with Crippen LogP contribution in [0.15, 0.2) is 29.8 Å². The summed E-state index contributed by atoms with van der Waals surface area (Å²) in [7, 11) is 1.34. The van der Waals surface area contributed by atoms with Crippen LogP contribution in [0, 0.1) is 0 Å². The van der Waals surface area contributed by atoms with E-state index in [0.717, 1.165) is 4.90 Å². The summed E-state index contributed by atoms with van der Waals surface area (Å²) in [4.78, 5) is 35.4. The number of amides is 2. The van der Waals surface area contributed by atoms with Crippen LogP contribution >= 0.6 is 0 Å². The molecule has 6 nitrogen and oxygen atoms in total. The van der Waals surface area contributed by atoms with Crippen molar-refractivity contribution < 1.29 is 24.2 Å². The quantitative estimate of drug-likeness (QED) is 0.827. The maximum Gasteiger partial charge on any atom is 0.335 e. The fraction of sp³-hybridized carbons (Fsp3) is 0.154. The van der Waals surface area contributed by atoms with Gasteiger partial charge in [0.15, 0.2) is 0 Å². The number of hydrogen-bond acceptors (Lipinski definition) is 4. The number of imide groups is 1. The number of nitrogens with zero attached hydrogens (tertiary/aromatic N) is 1. The Labute approximate surface area is 108 Å². The summed E-state index contributed by atoms with van der Waals surface area (Å²) in [6.07, 6.45) is 1.23. The first kappa shape index (κ1) is 12.8. The van der Waals surface area contributed by atoms with Crippen molar-refractivity contribution in [2.75, 3.05) is 12.0 Å². The highest BCUT2D eigenvalue weighted by Gasteiger charge is 2.32. The number of carbonyl (C=O) groups is 3. The molecule has 0 fully saturated rings. The molecule has 0 saturated heterocycles. The third-order valence-electron chi connectivity index (χ3n) is 2.77. The van der Waals surface area contributed by atoms with Gasteiger partial charge in [0, 0.05) is 11.6 Å². The first-order chi connectivity index (χ1) is 8.95. The van der Waals surface area contributed by atoms with Crippen molar-refractivity contribution in [3.8, 4) is 5.75 Å². The minimum atomic E-state index is -1.11. The lowest BCUT2D eigenvalue weighted by atomic mass is 10.1. The van der Waals surface area contributed by atoms with Crippen LogP contribution in [0.2, 0.25) is 0 Å². The fourth-order valence-corrected chi connectivity index (χ4v) is 1.81. The SMILES string of the molecule is COc1cc(C(=O)O)ccc1N1C(=O)C=C(C)C1=O. The molecule has 6 heteroatoms. The molecule has 1 aromatic rings. The molecule has 98 valence electrons. The maximum atomic E-state index is 11.9. The zero-order chi connectivity index (χ0) is 14.2. The molecule has 0 aromatic heterocycles. The predicted molar refractivity (Wildman–Crippen MR) is 66.2 cm³/mol. The van der Waals surface area contributed by atoms with Crippen molar-refractivity contribution >= 4 is 23.5 Å². The number of carboxylic acid groups (broad SMARTS) is 1. The lowest BCUT2D eigenvalue weighted by Crippen LogP contribution is -2.31. The lowest BCUT2D eigenvalue weighted by Gasteiger charge is -2.18. The van der Waals surface area contributed by atoms with Crippen molar-refractivity contribution in [1.82, 2.24) is 0 Å². The summed E-state index contributed by atoms with van der Waals surface area (Å²) >= 11 is 0. The van der Waals surface area contributed by atoms with Crippen LogP contribution in [0.1, 0.15) is 17.3 Å². The smallest absolute Gasteiger partial charge is 0.335 e. The highest BCUT2D eigenvalue weighted by atomic mass is 16.5. The topological polar surface area (TPSA) is 83.9 Å². The molecule has 1 N–H and O–H groups in total. The van der Waals surface area contributed by atoms with E-state index in [1.165, 1.54) is 31.4 Å². The second-order valence-electron chi connectivity index (χ2n) is 4.00. The molecule has 2 amide bonds. The highest BCUT2D eigenvalue weighted by Crippen LogP contribution is 2.32. The van der Waals surface area contributed by atoms with E-state index < -0.39 is 17.8 Å². The van der Waals surface area contributed by atoms with Crippen LogP contribution < -0.4 is 9.64 Å². The second-order valence-corrected chi connectivity index (χ2v) is 4.00. The first-order valence-corrected chi connectivity index (χ1v) is 5.43. The van der Waals surface area contributed by atoms with Gasteiger partial charge in [0.1, 0.15) is 5.75 Å². The third-order valence-corrected chi connectivity index (χ3v) is 2.77. The summed E-state index contributed by atoms with van der Waals surface area (Å²) in [5, 5.41) is 8.89. The lowest BCUT2D eigenvalue weighted by molar-refractivity contribution is -0.120. The number of carboxylic acids is 1. The van der Waals surface area contributed by atoms with Gasteiger partial charge in [-0.3, -0.25) is 9.59 Å². The zero-order valence-electron chi connectivity index (χ0n) is 10.3. The van der Waals surface area contributed by atoms with Crippen LogP contribution in [0.5, 0.6) is 5.75 Å². The molecule has 0 unspecified atom stereocenters. The van der Waals surface area contributed by atoms with E-state index in [1.807, 2.05) is 0 Å². The van der Waals surface area contributed by atoms with Crippen LogP contribution in [-0.4, -0.2) is 30.0 Å². The first-order valence-electron chi connectivity index (χ1n) is 5.43. The second kappa shape index (κ2) is 4.56. The Balaban J connectivity index is 2.49.